The van der Waals surface area contributed by atoms with E-state index < -0.39 is 0 Å². The van der Waals surface area contributed by atoms with Crippen LogP contribution in [0, 0.1) is 11.8 Å². The van der Waals surface area contributed by atoms with Crippen LogP contribution >= 0.6 is 0 Å². The molecule has 2 rings (SSSR count). The average Bonchev–Trinajstić information content (AvgIpc) is 3.28. The molecule has 0 aromatic heterocycles. The van der Waals surface area contributed by atoms with Crippen molar-refractivity contribution in [2.45, 2.75) is 52.0 Å². The van der Waals surface area contributed by atoms with Gasteiger partial charge in [-0.1, -0.05) is 38.8 Å². The molecule has 1 aromatic rings. The lowest BCUT2D eigenvalue weighted by Crippen LogP contribution is -2.30. The predicted octanol–water partition coefficient (Wildman–Crippen LogP) is 4.04. The lowest BCUT2D eigenvalue weighted by atomic mass is 9.85. The Morgan fingerprint density at radius 1 is 1.35 bits per heavy atom. The Morgan fingerprint density at radius 3 is 2.80 bits per heavy atom. The Balaban J connectivity index is 1.96. The van der Waals surface area contributed by atoms with Crippen molar-refractivity contribution >= 4 is 0 Å². The molecule has 2 heteroatoms. The van der Waals surface area contributed by atoms with Crippen molar-refractivity contribution in [1.29, 1.82) is 0 Å². The van der Waals surface area contributed by atoms with Crippen LogP contribution in [0.3, 0.4) is 0 Å². The number of methoxy groups -OCH3 is 1. The standard InChI is InChI=1S/C18H29NO/c1-4-6-14(2)16(13-19-17-9-10-17)11-15-7-5-8-18(12-15)20-3/h5,7-8,12,14,16-17,19H,4,6,9-11,13H2,1-3H3. The summed E-state index contributed by atoms with van der Waals surface area (Å²) in [5.41, 5.74) is 1.40. The molecule has 20 heavy (non-hydrogen) atoms. The van der Waals surface area contributed by atoms with E-state index in [1.165, 1.54) is 31.2 Å². The Labute approximate surface area is 123 Å². The van der Waals surface area contributed by atoms with Crippen LogP contribution < -0.4 is 10.1 Å². The van der Waals surface area contributed by atoms with Crippen LogP contribution in [-0.4, -0.2) is 19.7 Å². The van der Waals surface area contributed by atoms with Crippen molar-refractivity contribution in [3.05, 3.63) is 29.8 Å². The van der Waals surface area contributed by atoms with E-state index >= 15 is 0 Å². The molecule has 1 fully saturated rings. The van der Waals surface area contributed by atoms with Gasteiger partial charge < -0.3 is 10.1 Å². The fourth-order valence-corrected chi connectivity index (χ4v) is 2.87. The van der Waals surface area contributed by atoms with Crippen molar-refractivity contribution in [2.75, 3.05) is 13.7 Å². The fourth-order valence-electron chi connectivity index (χ4n) is 2.87. The van der Waals surface area contributed by atoms with Gasteiger partial charge in [0.25, 0.3) is 0 Å². The molecule has 1 aliphatic rings. The second-order valence-electron chi connectivity index (χ2n) is 6.26. The van der Waals surface area contributed by atoms with Gasteiger partial charge in [-0.15, -0.1) is 0 Å². The van der Waals surface area contributed by atoms with Crippen LogP contribution in [0.15, 0.2) is 24.3 Å². The highest BCUT2D eigenvalue weighted by Crippen LogP contribution is 2.25. The zero-order chi connectivity index (χ0) is 14.4. The van der Waals surface area contributed by atoms with E-state index in [4.69, 9.17) is 4.74 Å². The van der Waals surface area contributed by atoms with Gasteiger partial charge in [0.15, 0.2) is 0 Å². The molecule has 0 radical (unpaired) electrons. The summed E-state index contributed by atoms with van der Waals surface area (Å²) in [4.78, 5) is 0. The van der Waals surface area contributed by atoms with Crippen LogP contribution in [0.25, 0.3) is 0 Å². The third-order valence-electron chi connectivity index (χ3n) is 4.43. The van der Waals surface area contributed by atoms with Gasteiger partial charge in [-0.2, -0.15) is 0 Å². The molecule has 2 atom stereocenters. The highest BCUT2D eigenvalue weighted by Gasteiger charge is 2.24. The van der Waals surface area contributed by atoms with Crippen LogP contribution in [-0.2, 0) is 6.42 Å². The first-order valence-electron chi connectivity index (χ1n) is 8.09. The molecule has 2 nitrogen and oxygen atoms in total. The molecule has 0 heterocycles. The predicted molar refractivity (Wildman–Crippen MR) is 85.3 cm³/mol. The number of hydrogen-bond donors (Lipinski definition) is 1. The molecule has 1 saturated carbocycles. The summed E-state index contributed by atoms with van der Waals surface area (Å²) in [6.45, 7) is 5.85. The molecular weight excluding hydrogens is 246 g/mol. The first-order valence-corrected chi connectivity index (χ1v) is 8.09. The minimum absolute atomic E-state index is 0.725. The number of benzene rings is 1. The monoisotopic (exact) mass is 275 g/mol. The summed E-state index contributed by atoms with van der Waals surface area (Å²) in [7, 11) is 1.74. The highest BCUT2D eigenvalue weighted by molar-refractivity contribution is 5.28. The third-order valence-corrected chi connectivity index (χ3v) is 4.43. The highest BCUT2D eigenvalue weighted by atomic mass is 16.5. The first kappa shape index (κ1) is 15.4. The van der Waals surface area contributed by atoms with E-state index in [0.717, 1.165) is 36.6 Å². The first-order chi connectivity index (χ1) is 9.72. The SMILES string of the molecule is CCCC(C)C(CNC1CC1)Cc1cccc(OC)c1. The Hall–Kier alpha value is -1.02. The minimum Gasteiger partial charge on any atom is -0.497 e. The van der Waals surface area contributed by atoms with E-state index in [-0.39, 0.29) is 0 Å². The van der Waals surface area contributed by atoms with E-state index in [2.05, 4.69) is 37.4 Å². The summed E-state index contributed by atoms with van der Waals surface area (Å²) in [6.07, 6.45) is 6.49. The number of rotatable bonds is 9. The van der Waals surface area contributed by atoms with E-state index in [0.29, 0.717) is 0 Å². The largest absolute Gasteiger partial charge is 0.497 e. The maximum Gasteiger partial charge on any atom is 0.119 e. The third kappa shape index (κ3) is 4.82. The van der Waals surface area contributed by atoms with Gasteiger partial charge in [0.2, 0.25) is 0 Å². The molecule has 1 N–H and O–H groups in total. The molecule has 1 aliphatic carbocycles. The Kier molecular flexibility index (Phi) is 5.90. The maximum atomic E-state index is 5.34. The lowest BCUT2D eigenvalue weighted by Gasteiger charge is -2.24. The maximum absolute atomic E-state index is 5.34. The van der Waals surface area contributed by atoms with Gasteiger partial charge in [0.05, 0.1) is 7.11 Å². The normalized spacial score (nSPS) is 17.8. The molecule has 0 spiro atoms. The van der Waals surface area contributed by atoms with Gasteiger partial charge in [-0.05, 0) is 55.3 Å². The molecule has 0 amide bonds. The minimum atomic E-state index is 0.725. The average molecular weight is 275 g/mol. The van der Waals surface area contributed by atoms with Gasteiger partial charge in [-0.25, -0.2) is 0 Å². The van der Waals surface area contributed by atoms with Crippen LogP contribution in [0.4, 0.5) is 0 Å². The van der Waals surface area contributed by atoms with Crippen molar-refractivity contribution in [1.82, 2.24) is 5.32 Å². The van der Waals surface area contributed by atoms with Gasteiger partial charge in [0.1, 0.15) is 5.75 Å². The van der Waals surface area contributed by atoms with Crippen molar-refractivity contribution < 1.29 is 4.74 Å². The number of nitrogens with one attached hydrogen (secondary N) is 1. The van der Waals surface area contributed by atoms with Gasteiger partial charge in [0, 0.05) is 6.04 Å². The summed E-state index contributed by atoms with van der Waals surface area (Å²) in [5.74, 6) is 2.47. The summed E-state index contributed by atoms with van der Waals surface area (Å²) >= 11 is 0. The van der Waals surface area contributed by atoms with Crippen LogP contribution in [0.5, 0.6) is 5.75 Å². The Morgan fingerprint density at radius 2 is 2.15 bits per heavy atom. The van der Waals surface area contributed by atoms with Crippen molar-refractivity contribution in [3.63, 3.8) is 0 Å². The zero-order valence-corrected chi connectivity index (χ0v) is 13.2. The lowest BCUT2D eigenvalue weighted by molar-refractivity contribution is 0.316. The molecular formula is C18H29NO. The Bertz CT molecular complexity index is 400. The number of hydrogen-bond acceptors (Lipinski definition) is 2. The van der Waals surface area contributed by atoms with Gasteiger partial charge in [-0.3, -0.25) is 0 Å². The van der Waals surface area contributed by atoms with E-state index in [9.17, 15) is 0 Å². The van der Waals surface area contributed by atoms with E-state index in [1.54, 1.807) is 7.11 Å². The molecule has 2 unspecified atom stereocenters. The summed E-state index contributed by atoms with van der Waals surface area (Å²) < 4.78 is 5.34. The van der Waals surface area contributed by atoms with Crippen molar-refractivity contribution in [2.24, 2.45) is 11.8 Å². The molecule has 0 bridgehead atoms. The zero-order valence-electron chi connectivity index (χ0n) is 13.2. The van der Waals surface area contributed by atoms with Crippen LogP contribution in [0.1, 0.15) is 45.1 Å². The molecule has 112 valence electrons. The van der Waals surface area contributed by atoms with Gasteiger partial charge >= 0.3 is 0 Å². The summed E-state index contributed by atoms with van der Waals surface area (Å²) in [6, 6.07) is 9.34. The quantitative estimate of drug-likeness (QED) is 0.734. The van der Waals surface area contributed by atoms with Crippen molar-refractivity contribution in [3.8, 4) is 5.75 Å². The molecule has 1 aromatic carbocycles. The second-order valence-corrected chi connectivity index (χ2v) is 6.26. The van der Waals surface area contributed by atoms with E-state index in [1.807, 2.05) is 6.07 Å². The van der Waals surface area contributed by atoms with Crippen LogP contribution in [0.2, 0.25) is 0 Å². The smallest absolute Gasteiger partial charge is 0.119 e. The topological polar surface area (TPSA) is 21.3 Å². The fraction of sp³-hybridized carbons (Fsp3) is 0.667. The second kappa shape index (κ2) is 7.68. The summed E-state index contributed by atoms with van der Waals surface area (Å²) in [5, 5.41) is 3.71. The number of ether oxygens (including phenoxy) is 1. The molecule has 0 saturated heterocycles. The molecule has 0 aliphatic heterocycles.